The van der Waals surface area contributed by atoms with Crippen molar-refractivity contribution in [2.24, 2.45) is 27.6 Å². The zero-order chi connectivity index (χ0) is 17.8. The molecule has 5 heteroatoms. The Morgan fingerprint density at radius 3 is 2.25 bits per heavy atom. The lowest BCUT2D eigenvalue weighted by Gasteiger charge is -2.49. The van der Waals surface area contributed by atoms with Crippen LogP contribution in [0.5, 0.6) is 0 Å². The molecule has 2 fully saturated rings. The minimum atomic E-state index is -1.30. The van der Waals surface area contributed by atoms with E-state index in [1.807, 2.05) is 13.0 Å². The van der Waals surface area contributed by atoms with Crippen LogP contribution in [0.15, 0.2) is 12.2 Å². The highest BCUT2D eigenvalue weighted by atomic mass is 16.5. The summed E-state index contributed by atoms with van der Waals surface area (Å²) in [5, 5.41) is 0. The van der Waals surface area contributed by atoms with Crippen LogP contribution in [0.1, 0.15) is 46.0 Å². The third-order valence-electron chi connectivity index (χ3n) is 7.82. The summed E-state index contributed by atoms with van der Waals surface area (Å²) in [6.07, 6.45) is 8.71. The second-order valence-corrected chi connectivity index (χ2v) is 7.93. The Morgan fingerprint density at radius 2 is 1.71 bits per heavy atom. The van der Waals surface area contributed by atoms with Crippen LogP contribution in [0.3, 0.4) is 0 Å². The minimum Gasteiger partial charge on any atom is -0.468 e. The van der Waals surface area contributed by atoms with Crippen molar-refractivity contribution in [3.05, 3.63) is 12.2 Å². The number of carbonyl (C=O) groups excluding carboxylic acids is 3. The van der Waals surface area contributed by atoms with E-state index < -0.39 is 22.8 Å². The topological polar surface area (TPSA) is 69.7 Å². The van der Waals surface area contributed by atoms with Crippen LogP contribution in [0.25, 0.3) is 0 Å². The standard InChI is InChI=1S/C19H26O5/c1-16-8-9-17(2)18(16,7-5-13(16)6-12-20)10-11-19(17,14(21)23-3)15(22)24-4/h8-9,12-13H,5-7,10-11H2,1-4H3/t13-,16-,17+,18?/m1/s1. The van der Waals surface area contributed by atoms with Crippen molar-refractivity contribution < 1.29 is 23.9 Å². The fourth-order valence-corrected chi connectivity index (χ4v) is 6.40. The molecule has 0 heterocycles. The van der Waals surface area contributed by atoms with E-state index in [2.05, 4.69) is 13.0 Å². The molecule has 0 aromatic heterocycles. The first kappa shape index (κ1) is 17.2. The first-order valence-electron chi connectivity index (χ1n) is 8.60. The van der Waals surface area contributed by atoms with Crippen LogP contribution in [-0.2, 0) is 23.9 Å². The Kier molecular flexibility index (Phi) is 3.70. The largest absolute Gasteiger partial charge is 0.468 e. The molecule has 1 spiro atoms. The molecule has 0 radical (unpaired) electrons. The number of esters is 2. The molecule has 132 valence electrons. The molecule has 0 aromatic rings. The van der Waals surface area contributed by atoms with E-state index in [0.29, 0.717) is 12.8 Å². The summed E-state index contributed by atoms with van der Waals surface area (Å²) in [4.78, 5) is 36.7. The minimum absolute atomic E-state index is 0.188. The maximum Gasteiger partial charge on any atom is 0.324 e. The van der Waals surface area contributed by atoms with Gasteiger partial charge in [0.1, 0.15) is 6.29 Å². The van der Waals surface area contributed by atoms with Gasteiger partial charge in [0.2, 0.25) is 0 Å². The Balaban J connectivity index is 2.16. The highest BCUT2D eigenvalue weighted by Crippen LogP contribution is 2.79. The number of methoxy groups -OCH3 is 2. The molecular weight excluding hydrogens is 308 g/mol. The third-order valence-corrected chi connectivity index (χ3v) is 7.82. The van der Waals surface area contributed by atoms with Crippen LogP contribution in [0.4, 0.5) is 0 Å². The number of allylic oxidation sites excluding steroid dienone is 2. The van der Waals surface area contributed by atoms with Crippen LogP contribution >= 0.6 is 0 Å². The average molecular weight is 334 g/mol. The van der Waals surface area contributed by atoms with Gasteiger partial charge in [0.05, 0.1) is 14.2 Å². The van der Waals surface area contributed by atoms with Gasteiger partial charge in [0.15, 0.2) is 5.41 Å². The monoisotopic (exact) mass is 334 g/mol. The van der Waals surface area contributed by atoms with Crippen molar-refractivity contribution in [2.75, 3.05) is 14.2 Å². The van der Waals surface area contributed by atoms with Gasteiger partial charge in [-0.3, -0.25) is 9.59 Å². The lowest BCUT2D eigenvalue weighted by molar-refractivity contribution is -0.179. The van der Waals surface area contributed by atoms with E-state index in [9.17, 15) is 14.4 Å². The molecule has 2 saturated carbocycles. The summed E-state index contributed by atoms with van der Waals surface area (Å²) < 4.78 is 10.1. The van der Waals surface area contributed by atoms with Crippen molar-refractivity contribution in [3.63, 3.8) is 0 Å². The van der Waals surface area contributed by atoms with Crippen molar-refractivity contribution in [1.29, 1.82) is 0 Å². The number of hydrogen-bond donors (Lipinski definition) is 0. The van der Waals surface area contributed by atoms with E-state index in [-0.39, 0.29) is 16.7 Å². The number of aldehydes is 1. The van der Waals surface area contributed by atoms with Gasteiger partial charge in [-0.15, -0.1) is 0 Å². The molecule has 4 atom stereocenters. The van der Waals surface area contributed by atoms with Crippen molar-refractivity contribution in [1.82, 2.24) is 0 Å². The molecule has 0 bridgehead atoms. The first-order chi connectivity index (χ1) is 11.3. The van der Waals surface area contributed by atoms with E-state index in [1.165, 1.54) is 14.2 Å². The molecule has 0 saturated heterocycles. The maximum absolute atomic E-state index is 12.8. The van der Waals surface area contributed by atoms with E-state index in [4.69, 9.17) is 9.47 Å². The van der Waals surface area contributed by atoms with Gasteiger partial charge in [0.25, 0.3) is 0 Å². The molecule has 3 aliphatic carbocycles. The SMILES string of the molecule is COC(=O)C1(C(=O)OC)CCC23CC[C@H](CC=O)[C@@]2(C)C=C[C@]13C. The van der Waals surface area contributed by atoms with Crippen molar-refractivity contribution in [3.8, 4) is 0 Å². The summed E-state index contributed by atoms with van der Waals surface area (Å²) in [5.41, 5.74) is -2.37. The maximum atomic E-state index is 12.8. The molecule has 0 aromatic carbocycles. The summed E-state index contributed by atoms with van der Waals surface area (Å²) in [6, 6.07) is 0. The molecule has 5 nitrogen and oxygen atoms in total. The summed E-state index contributed by atoms with van der Waals surface area (Å²) in [5.74, 6) is -0.776. The van der Waals surface area contributed by atoms with Gasteiger partial charge in [0, 0.05) is 11.8 Å². The molecule has 24 heavy (non-hydrogen) atoms. The number of hydrogen-bond acceptors (Lipinski definition) is 5. The van der Waals surface area contributed by atoms with Crippen LogP contribution in [-0.4, -0.2) is 32.4 Å². The smallest absolute Gasteiger partial charge is 0.324 e. The fourth-order valence-electron chi connectivity index (χ4n) is 6.40. The zero-order valence-electron chi connectivity index (χ0n) is 14.9. The van der Waals surface area contributed by atoms with Gasteiger partial charge in [-0.1, -0.05) is 26.0 Å². The molecule has 0 amide bonds. The van der Waals surface area contributed by atoms with Gasteiger partial charge in [-0.2, -0.15) is 0 Å². The molecule has 0 aliphatic heterocycles. The Labute approximate surface area is 142 Å². The van der Waals surface area contributed by atoms with E-state index in [0.717, 1.165) is 25.5 Å². The lowest BCUT2D eigenvalue weighted by Crippen LogP contribution is -2.54. The van der Waals surface area contributed by atoms with E-state index >= 15 is 0 Å². The van der Waals surface area contributed by atoms with Crippen molar-refractivity contribution >= 4 is 18.2 Å². The van der Waals surface area contributed by atoms with E-state index in [1.54, 1.807) is 0 Å². The quantitative estimate of drug-likeness (QED) is 0.342. The highest BCUT2D eigenvalue weighted by Gasteiger charge is 2.79. The summed E-state index contributed by atoms with van der Waals surface area (Å²) >= 11 is 0. The van der Waals surface area contributed by atoms with Gasteiger partial charge in [-0.05, 0) is 42.4 Å². The second-order valence-electron chi connectivity index (χ2n) is 7.93. The number of rotatable bonds is 4. The second kappa shape index (κ2) is 5.17. The molecule has 1 unspecified atom stereocenters. The zero-order valence-corrected chi connectivity index (χ0v) is 14.9. The fraction of sp³-hybridized carbons (Fsp3) is 0.737. The van der Waals surface area contributed by atoms with Gasteiger partial charge >= 0.3 is 11.9 Å². The normalized spacial score (nSPS) is 41.6. The number of ether oxygens (including phenoxy) is 2. The molecular formula is C19H26O5. The Morgan fingerprint density at radius 1 is 1.08 bits per heavy atom. The Bertz CT molecular complexity index is 607. The van der Waals surface area contributed by atoms with Gasteiger partial charge in [-0.25, -0.2) is 0 Å². The predicted molar refractivity (Wildman–Crippen MR) is 86.9 cm³/mol. The van der Waals surface area contributed by atoms with Crippen LogP contribution < -0.4 is 0 Å². The third kappa shape index (κ3) is 1.54. The predicted octanol–water partition coefficient (Wildman–Crippen LogP) is 2.68. The lowest BCUT2D eigenvalue weighted by atomic mass is 9.53. The molecule has 3 rings (SSSR count). The summed E-state index contributed by atoms with van der Waals surface area (Å²) in [6.45, 7) is 4.18. The van der Waals surface area contributed by atoms with Crippen LogP contribution in [0.2, 0.25) is 0 Å². The molecule has 3 aliphatic rings. The summed E-state index contributed by atoms with van der Waals surface area (Å²) in [7, 11) is 2.65. The first-order valence-corrected chi connectivity index (χ1v) is 8.60. The number of carbonyl (C=O) groups is 3. The van der Waals surface area contributed by atoms with Crippen molar-refractivity contribution in [2.45, 2.75) is 46.0 Å². The Hall–Kier alpha value is -1.65. The van der Waals surface area contributed by atoms with Crippen LogP contribution in [0, 0.1) is 27.6 Å². The van der Waals surface area contributed by atoms with Gasteiger partial charge < -0.3 is 14.3 Å². The average Bonchev–Trinajstić information content (AvgIpc) is 3.10. The highest BCUT2D eigenvalue weighted by molar-refractivity contribution is 6.02. The molecule has 0 N–H and O–H groups in total.